The second kappa shape index (κ2) is 9.47. The lowest BCUT2D eigenvalue weighted by Crippen LogP contribution is -2.50. The first-order valence-corrected chi connectivity index (χ1v) is 11.4. The highest BCUT2D eigenvalue weighted by atomic mass is 32.2. The molecular formula is C22H32FN5OS. The van der Waals surface area contributed by atoms with Crippen molar-refractivity contribution in [1.29, 1.82) is 0 Å². The molecule has 164 valence electrons. The molecule has 6 nitrogen and oxygen atoms in total. The zero-order valence-electron chi connectivity index (χ0n) is 18.7. The smallest absolute Gasteiger partial charge is 0.236 e. The second-order valence-corrected chi connectivity index (χ2v) is 9.73. The number of hydrogen-bond donors (Lipinski definition) is 0. The van der Waals surface area contributed by atoms with E-state index in [1.54, 1.807) is 12.1 Å². The zero-order chi connectivity index (χ0) is 22.0. The lowest BCUT2D eigenvalue weighted by atomic mass is 9.97. The van der Waals surface area contributed by atoms with Crippen LogP contribution in [0.4, 0.5) is 4.39 Å². The Morgan fingerprint density at radius 2 is 1.73 bits per heavy atom. The highest BCUT2D eigenvalue weighted by molar-refractivity contribution is 8.00. The van der Waals surface area contributed by atoms with Crippen molar-refractivity contribution >= 4 is 17.7 Å². The number of carbonyl (C=O) groups excluding carboxylic acids is 1. The van der Waals surface area contributed by atoms with E-state index in [1.807, 2.05) is 42.3 Å². The Balaban J connectivity index is 1.91. The SMILES string of the molecule is C[C@H](Sc1nnc([C@H](C)N(C)C)n1-c1ccc(F)cc1)C(=O)N1[C@@H](C)CCC[C@@H]1C. The summed E-state index contributed by atoms with van der Waals surface area (Å²) in [6.45, 7) is 8.23. The third kappa shape index (κ3) is 4.70. The van der Waals surface area contributed by atoms with E-state index in [0.717, 1.165) is 30.8 Å². The summed E-state index contributed by atoms with van der Waals surface area (Å²) >= 11 is 1.41. The number of thioether (sulfide) groups is 1. The fraction of sp³-hybridized carbons (Fsp3) is 0.591. The predicted octanol–water partition coefficient (Wildman–Crippen LogP) is 4.30. The van der Waals surface area contributed by atoms with Gasteiger partial charge in [0.05, 0.1) is 11.3 Å². The summed E-state index contributed by atoms with van der Waals surface area (Å²) in [6.07, 6.45) is 3.26. The summed E-state index contributed by atoms with van der Waals surface area (Å²) in [6, 6.07) is 6.81. The highest BCUT2D eigenvalue weighted by Crippen LogP contribution is 2.32. The molecule has 1 saturated heterocycles. The van der Waals surface area contributed by atoms with E-state index in [2.05, 4.69) is 24.0 Å². The van der Waals surface area contributed by atoms with Gasteiger partial charge in [0.25, 0.3) is 0 Å². The van der Waals surface area contributed by atoms with Crippen LogP contribution in [0.3, 0.4) is 0 Å². The van der Waals surface area contributed by atoms with Crippen LogP contribution in [0.15, 0.2) is 29.4 Å². The van der Waals surface area contributed by atoms with E-state index in [0.29, 0.717) is 5.16 Å². The number of likely N-dealkylation sites (tertiary alicyclic amines) is 1. The summed E-state index contributed by atoms with van der Waals surface area (Å²) in [7, 11) is 3.96. The van der Waals surface area contributed by atoms with Gasteiger partial charge < -0.3 is 4.90 Å². The molecule has 0 saturated carbocycles. The molecule has 0 N–H and O–H groups in total. The van der Waals surface area contributed by atoms with E-state index in [4.69, 9.17) is 0 Å². The summed E-state index contributed by atoms with van der Waals surface area (Å²) in [5, 5.41) is 9.18. The lowest BCUT2D eigenvalue weighted by molar-refractivity contribution is -0.136. The van der Waals surface area contributed by atoms with E-state index in [9.17, 15) is 9.18 Å². The molecule has 2 heterocycles. The van der Waals surface area contributed by atoms with Crippen molar-refractivity contribution in [3.63, 3.8) is 0 Å². The van der Waals surface area contributed by atoms with Crippen LogP contribution in [0.2, 0.25) is 0 Å². The summed E-state index contributed by atoms with van der Waals surface area (Å²) in [4.78, 5) is 17.3. The Kier molecular flexibility index (Phi) is 7.18. The van der Waals surface area contributed by atoms with Gasteiger partial charge in [-0.15, -0.1) is 10.2 Å². The minimum Gasteiger partial charge on any atom is -0.336 e. The maximum absolute atomic E-state index is 13.5. The lowest BCUT2D eigenvalue weighted by Gasteiger charge is -2.40. The summed E-state index contributed by atoms with van der Waals surface area (Å²) in [5.74, 6) is 0.601. The van der Waals surface area contributed by atoms with Gasteiger partial charge in [-0.05, 0) is 85.3 Å². The van der Waals surface area contributed by atoms with Crippen LogP contribution in [0.1, 0.15) is 58.8 Å². The Bertz CT molecular complexity index is 859. The van der Waals surface area contributed by atoms with Crippen LogP contribution in [0.25, 0.3) is 5.69 Å². The summed E-state index contributed by atoms with van der Waals surface area (Å²) < 4.78 is 15.4. The van der Waals surface area contributed by atoms with Gasteiger partial charge in [0, 0.05) is 17.8 Å². The first-order chi connectivity index (χ1) is 14.2. The molecule has 0 aliphatic carbocycles. The average molecular weight is 434 g/mol. The number of halogens is 1. The minimum atomic E-state index is -0.293. The van der Waals surface area contributed by atoms with Crippen molar-refractivity contribution < 1.29 is 9.18 Å². The number of benzene rings is 1. The average Bonchev–Trinajstić information content (AvgIpc) is 3.10. The number of piperidine rings is 1. The predicted molar refractivity (Wildman–Crippen MR) is 118 cm³/mol. The van der Waals surface area contributed by atoms with E-state index < -0.39 is 0 Å². The van der Waals surface area contributed by atoms with Crippen LogP contribution in [-0.4, -0.2) is 61.9 Å². The first kappa shape index (κ1) is 22.7. The molecule has 2 aromatic rings. The summed E-state index contributed by atoms with van der Waals surface area (Å²) in [5.41, 5.74) is 0.784. The fourth-order valence-corrected chi connectivity index (χ4v) is 4.90. The van der Waals surface area contributed by atoms with Gasteiger partial charge in [0.15, 0.2) is 11.0 Å². The molecule has 0 unspecified atom stereocenters. The molecule has 0 spiro atoms. The Morgan fingerprint density at radius 1 is 1.13 bits per heavy atom. The Labute approximate surface area is 182 Å². The molecule has 4 atom stereocenters. The van der Waals surface area contributed by atoms with Gasteiger partial charge in [-0.3, -0.25) is 14.3 Å². The van der Waals surface area contributed by atoms with Crippen molar-refractivity contribution in [2.75, 3.05) is 14.1 Å². The largest absolute Gasteiger partial charge is 0.336 e. The normalized spacial score (nSPS) is 21.7. The van der Waals surface area contributed by atoms with Crippen LogP contribution >= 0.6 is 11.8 Å². The third-order valence-corrected chi connectivity index (χ3v) is 7.00. The molecule has 1 aromatic heterocycles. The monoisotopic (exact) mass is 433 g/mol. The quantitative estimate of drug-likeness (QED) is 0.636. The molecule has 1 amide bonds. The van der Waals surface area contributed by atoms with Gasteiger partial charge in [-0.25, -0.2) is 4.39 Å². The Hall–Kier alpha value is -1.93. The number of nitrogens with zero attached hydrogens (tertiary/aromatic N) is 5. The minimum absolute atomic E-state index is 0.00468. The number of amides is 1. The third-order valence-electron chi connectivity index (χ3n) is 5.97. The number of aromatic nitrogens is 3. The number of carbonyl (C=O) groups is 1. The fourth-order valence-electron chi connectivity index (χ4n) is 3.97. The van der Waals surface area contributed by atoms with Crippen LogP contribution < -0.4 is 0 Å². The van der Waals surface area contributed by atoms with Gasteiger partial charge in [-0.1, -0.05) is 11.8 Å². The van der Waals surface area contributed by atoms with E-state index >= 15 is 0 Å². The molecule has 30 heavy (non-hydrogen) atoms. The zero-order valence-corrected chi connectivity index (χ0v) is 19.5. The molecule has 0 bridgehead atoms. The molecule has 1 fully saturated rings. The van der Waals surface area contributed by atoms with Gasteiger partial charge in [0.1, 0.15) is 5.82 Å². The molecule has 1 aliphatic heterocycles. The molecule has 3 rings (SSSR count). The Morgan fingerprint density at radius 3 is 2.30 bits per heavy atom. The van der Waals surface area contributed by atoms with Crippen molar-refractivity contribution in [3.8, 4) is 5.69 Å². The standard InChI is InChI=1S/C22H32FN5OS/c1-14-8-7-9-15(2)27(14)21(29)17(4)30-22-25-24-20(16(3)26(5)6)28(22)19-12-10-18(23)11-13-19/h10-17H,7-9H2,1-6H3/t14-,15-,16-,17-/m0/s1. The number of hydrogen-bond acceptors (Lipinski definition) is 5. The number of rotatable bonds is 6. The van der Waals surface area contributed by atoms with Crippen molar-refractivity contribution in [2.24, 2.45) is 0 Å². The van der Waals surface area contributed by atoms with E-state index in [1.165, 1.54) is 23.9 Å². The van der Waals surface area contributed by atoms with Crippen molar-refractivity contribution in [3.05, 3.63) is 35.9 Å². The van der Waals surface area contributed by atoms with Crippen molar-refractivity contribution in [2.45, 2.75) is 75.5 Å². The topological polar surface area (TPSA) is 54.3 Å². The van der Waals surface area contributed by atoms with E-state index in [-0.39, 0.29) is 35.1 Å². The highest BCUT2D eigenvalue weighted by Gasteiger charge is 2.33. The molecule has 8 heteroatoms. The molecule has 1 aromatic carbocycles. The maximum atomic E-state index is 13.5. The van der Waals surface area contributed by atoms with Crippen LogP contribution in [0.5, 0.6) is 0 Å². The van der Waals surface area contributed by atoms with Gasteiger partial charge in [0.2, 0.25) is 5.91 Å². The van der Waals surface area contributed by atoms with Gasteiger partial charge in [-0.2, -0.15) is 0 Å². The first-order valence-electron chi connectivity index (χ1n) is 10.6. The van der Waals surface area contributed by atoms with Crippen molar-refractivity contribution in [1.82, 2.24) is 24.6 Å². The second-order valence-electron chi connectivity index (χ2n) is 8.43. The molecule has 1 aliphatic rings. The molecule has 0 radical (unpaired) electrons. The van der Waals surface area contributed by atoms with Crippen LogP contribution in [-0.2, 0) is 4.79 Å². The van der Waals surface area contributed by atoms with Gasteiger partial charge >= 0.3 is 0 Å². The maximum Gasteiger partial charge on any atom is 0.236 e. The van der Waals surface area contributed by atoms with Crippen LogP contribution in [0, 0.1) is 5.82 Å². The molecular weight excluding hydrogens is 401 g/mol.